The van der Waals surface area contributed by atoms with Crippen molar-refractivity contribution in [2.75, 3.05) is 19.1 Å². The third kappa shape index (κ3) is 3.94. The number of hydrogen-bond acceptors (Lipinski definition) is 4. The first-order chi connectivity index (χ1) is 15.7. The van der Waals surface area contributed by atoms with Crippen molar-refractivity contribution in [1.82, 2.24) is 0 Å². The molecule has 33 heavy (non-hydrogen) atoms. The number of methoxy groups -OCH3 is 2. The van der Waals surface area contributed by atoms with E-state index in [1.807, 2.05) is 42.2 Å². The van der Waals surface area contributed by atoms with E-state index in [1.54, 1.807) is 14.2 Å². The average molecular weight is 448 g/mol. The number of allylic oxidation sites excluding steroid dienone is 2. The Bertz CT molecular complexity index is 1140. The van der Waals surface area contributed by atoms with E-state index in [1.165, 1.54) is 0 Å². The van der Waals surface area contributed by atoms with Gasteiger partial charge in [-0.05, 0) is 42.4 Å². The molecule has 1 amide bonds. The van der Waals surface area contributed by atoms with E-state index in [9.17, 15) is 9.59 Å². The molecule has 1 aliphatic carbocycles. The first-order valence-corrected chi connectivity index (χ1v) is 11.6. The molecule has 0 bridgehead atoms. The van der Waals surface area contributed by atoms with E-state index in [0.717, 1.165) is 40.1 Å². The molecule has 0 N–H and O–H groups in total. The molecule has 2 aromatic rings. The summed E-state index contributed by atoms with van der Waals surface area (Å²) in [5, 5.41) is 0. The molecule has 4 rings (SSSR count). The van der Waals surface area contributed by atoms with E-state index in [0.29, 0.717) is 24.3 Å². The number of rotatable bonds is 5. The summed E-state index contributed by atoms with van der Waals surface area (Å²) < 4.78 is 11.2. The Balaban J connectivity index is 1.98. The van der Waals surface area contributed by atoms with Crippen molar-refractivity contribution in [3.63, 3.8) is 0 Å². The van der Waals surface area contributed by atoms with Crippen LogP contribution < -0.4 is 14.4 Å². The Morgan fingerprint density at radius 3 is 2.42 bits per heavy atom. The zero-order chi connectivity index (χ0) is 23.9. The van der Waals surface area contributed by atoms with Crippen LogP contribution in [-0.2, 0) is 16.0 Å². The molecule has 174 valence electrons. The number of Topliss-reactive ketones (excluding diaryl/α,β-unsaturated/α-hetero) is 1. The third-order valence-electron chi connectivity index (χ3n) is 6.88. The molecular formula is C28H33NO4. The van der Waals surface area contributed by atoms with E-state index >= 15 is 0 Å². The number of anilines is 1. The van der Waals surface area contributed by atoms with Gasteiger partial charge in [0.05, 0.1) is 19.9 Å². The van der Waals surface area contributed by atoms with Gasteiger partial charge in [-0.25, -0.2) is 0 Å². The number of benzene rings is 2. The second kappa shape index (κ2) is 8.69. The number of ketones is 1. The Morgan fingerprint density at radius 2 is 1.76 bits per heavy atom. The first kappa shape index (κ1) is 23.1. The Morgan fingerprint density at radius 1 is 1.03 bits per heavy atom. The van der Waals surface area contributed by atoms with Gasteiger partial charge in [-0.15, -0.1) is 0 Å². The highest BCUT2D eigenvalue weighted by Gasteiger charge is 2.45. The molecule has 0 saturated heterocycles. The van der Waals surface area contributed by atoms with Gasteiger partial charge in [-0.2, -0.15) is 0 Å². The number of aryl methyl sites for hydroxylation is 2. The van der Waals surface area contributed by atoms with Crippen molar-refractivity contribution >= 4 is 17.4 Å². The SMILES string of the molecule is CCc1cccc(C)c1N1C(=O)CC(c2cccc(OC)c2OC)C2=C1CC(C)(C)CC2=O. The van der Waals surface area contributed by atoms with Crippen LogP contribution >= 0.6 is 0 Å². The summed E-state index contributed by atoms with van der Waals surface area (Å²) in [5.74, 6) is 0.952. The van der Waals surface area contributed by atoms with Crippen molar-refractivity contribution < 1.29 is 19.1 Å². The summed E-state index contributed by atoms with van der Waals surface area (Å²) in [4.78, 5) is 29.3. The number of ether oxygens (including phenoxy) is 2. The van der Waals surface area contributed by atoms with Crippen LogP contribution in [0.25, 0.3) is 0 Å². The Kier molecular flexibility index (Phi) is 6.08. The maximum absolute atomic E-state index is 13.8. The van der Waals surface area contributed by atoms with Crippen LogP contribution in [-0.4, -0.2) is 25.9 Å². The minimum absolute atomic E-state index is 0.0122. The number of carbonyl (C=O) groups is 2. The minimum Gasteiger partial charge on any atom is -0.493 e. The predicted octanol–water partition coefficient (Wildman–Crippen LogP) is 5.74. The highest BCUT2D eigenvalue weighted by molar-refractivity contribution is 6.08. The van der Waals surface area contributed by atoms with Gasteiger partial charge in [0.15, 0.2) is 17.3 Å². The first-order valence-electron chi connectivity index (χ1n) is 11.6. The monoisotopic (exact) mass is 447 g/mol. The fourth-order valence-corrected chi connectivity index (χ4v) is 5.45. The normalized spacial score (nSPS) is 20.1. The standard InChI is InChI=1S/C28H33NO4/c1-7-18-11-8-10-17(2)26(18)29-21-15-28(3,4)16-22(30)25(21)20(14-24(29)31)19-12-9-13-23(32-5)27(19)33-6/h8-13,20H,7,14-16H2,1-6H3. The van der Waals surface area contributed by atoms with Gasteiger partial charge >= 0.3 is 0 Å². The lowest BCUT2D eigenvalue weighted by molar-refractivity contribution is -0.121. The van der Waals surface area contributed by atoms with E-state index < -0.39 is 0 Å². The van der Waals surface area contributed by atoms with Crippen LogP contribution in [0.15, 0.2) is 47.7 Å². The van der Waals surface area contributed by atoms with Crippen LogP contribution in [0.2, 0.25) is 0 Å². The summed E-state index contributed by atoms with van der Waals surface area (Å²) >= 11 is 0. The number of nitrogens with zero attached hydrogens (tertiary/aromatic N) is 1. The molecule has 0 radical (unpaired) electrons. The van der Waals surface area contributed by atoms with Crippen LogP contribution in [0.5, 0.6) is 11.5 Å². The second-order valence-corrected chi connectivity index (χ2v) is 9.81. The number of para-hydroxylation sites is 2. The highest BCUT2D eigenvalue weighted by atomic mass is 16.5. The summed E-state index contributed by atoms with van der Waals surface area (Å²) in [7, 11) is 3.19. The molecule has 0 fully saturated rings. The Hall–Kier alpha value is -3.08. The maximum Gasteiger partial charge on any atom is 0.232 e. The molecule has 5 nitrogen and oxygen atoms in total. The van der Waals surface area contributed by atoms with Gasteiger partial charge in [0.2, 0.25) is 5.91 Å². The van der Waals surface area contributed by atoms with Gasteiger partial charge in [-0.1, -0.05) is 51.1 Å². The summed E-state index contributed by atoms with van der Waals surface area (Å²) in [6.45, 7) is 8.34. The molecule has 1 unspecified atom stereocenters. The van der Waals surface area contributed by atoms with Crippen LogP contribution in [0, 0.1) is 12.3 Å². The number of carbonyl (C=O) groups excluding carboxylic acids is 2. The quantitative estimate of drug-likeness (QED) is 0.587. The van der Waals surface area contributed by atoms with Crippen molar-refractivity contribution in [1.29, 1.82) is 0 Å². The second-order valence-electron chi connectivity index (χ2n) is 9.81. The fraction of sp³-hybridized carbons (Fsp3) is 0.429. The molecule has 0 aromatic heterocycles. The third-order valence-corrected chi connectivity index (χ3v) is 6.88. The zero-order valence-electron chi connectivity index (χ0n) is 20.5. The predicted molar refractivity (Wildman–Crippen MR) is 130 cm³/mol. The Labute approximate surface area is 196 Å². The van der Waals surface area contributed by atoms with Crippen molar-refractivity contribution in [2.24, 2.45) is 5.41 Å². The topological polar surface area (TPSA) is 55.8 Å². The number of amides is 1. The molecule has 0 saturated carbocycles. The summed E-state index contributed by atoms with van der Waals surface area (Å²) in [5.41, 5.74) is 5.28. The smallest absolute Gasteiger partial charge is 0.232 e. The van der Waals surface area contributed by atoms with Crippen molar-refractivity contribution in [2.45, 2.75) is 59.3 Å². The van der Waals surface area contributed by atoms with Crippen LogP contribution in [0.4, 0.5) is 5.69 Å². The summed E-state index contributed by atoms with van der Waals surface area (Å²) in [6, 6.07) is 11.8. The maximum atomic E-state index is 13.8. The van der Waals surface area contributed by atoms with E-state index in [-0.39, 0.29) is 29.4 Å². The molecule has 2 aliphatic rings. The molecular weight excluding hydrogens is 414 g/mol. The lowest BCUT2D eigenvalue weighted by atomic mass is 9.69. The highest BCUT2D eigenvalue weighted by Crippen LogP contribution is 2.51. The van der Waals surface area contributed by atoms with E-state index in [2.05, 4.69) is 26.8 Å². The van der Waals surface area contributed by atoms with Crippen LogP contribution in [0.1, 0.15) is 62.6 Å². The summed E-state index contributed by atoms with van der Waals surface area (Å²) in [6.07, 6.45) is 2.16. The lowest BCUT2D eigenvalue weighted by Gasteiger charge is -2.44. The van der Waals surface area contributed by atoms with Gasteiger partial charge < -0.3 is 9.47 Å². The molecule has 1 aliphatic heterocycles. The fourth-order valence-electron chi connectivity index (χ4n) is 5.45. The molecule has 0 spiro atoms. The van der Waals surface area contributed by atoms with Gasteiger partial charge in [-0.3, -0.25) is 14.5 Å². The van der Waals surface area contributed by atoms with Gasteiger partial charge in [0.1, 0.15) is 0 Å². The van der Waals surface area contributed by atoms with Crippen molar-refractivity contribution in [3.8, 4) is 11.5 Å². The van der Waals surface area contributed by atoms with Crippen molar-refractivity contribution in [3.05, 3.63) is 64.4 Å². The number of hydrogen-bond donors (Lipinski definition) is 0. The molecule has 1 atom stereocenters. The van der Waals surface area contributed by atoms with Crippen LogP contribution in [0.3, 0.4) is 0 Å². The zero-order valence-corrected chi connectivity index (χ0v) is 20.5. The molecule has 1 heterocycles. The largest absolute Gasteiger partial charge is 0.493 e. The van der Waals surface area contributed by atoms with Gasteiger partial charge in [0, 0.05) is 35.6 Å². The lowest BCUT2D eigenvalue weighted by Crippen LogP contribution is -2.44. The minimum atomic E-state index is -0.355. The molecule has 2 aromatic carbocycles. The average Bonchev–Trinajstić information content (AvgIpc) is 2.77. The molecule has 5 heteroatoms. The van der Waals surface area contributed by atoms with Gasteiger partial charge in [0.25, 0.3) is 0 Å². The van der Waals surface area contributed by atoms with E-state index in [4.69, 9.17) is 9.47 Å².